The lowest BCUT2D eigenvalue weighted by Crippen LogP contribution is -2.03. The second-order valence-corrected chi connectivity index (χ2v) is 8.04. The van der Waals surface area contributed by atoms with Crippen LogP contribution in [0.4, 0.5) is 5.69 Å². The summed E-state index contributed by atoms with van der Waals surface area (Å²) in [4.78, 5) is 27.5. The van der Waals surface area contributed by atoms with E-state index in [4.69, 9.17) is 4.74 Å². The van der Waals surface area contributed by atoms with Crippen molar-refractivity contribution in [1.82, 2.24) is 4.98 Å². The van der Waals surface area contributed by atoms with Gasteiger partial charge in [-0.05, 0) is 23.6 Å². The van der Waals surface area contributed by atoms with Gasteiger partial charge >= 0.3 is 5.97 Å². The van der Waals surface area contributed by atoms with Crippen LogP contribution in [0.2, 0.25) is 0 Å². The van der Waals surface area contributed by atoms with Crippen LogP contribution in [0.15, 0.2) is 46.5 Å². The molecule has 6 nitrogen and oxygen atoms in total. The molecule has 0 spiro atoms. The van der Waals surface area contributed by atoms with Crippen molar-refractivity contribution in [2.45, 2.75) is 6.61 Å². The number of benzene rings is 1. The minimum absolute atomic E-state index is 0.00125. The molecule has 0 N–H and O–H groups in total. The molecule has 4 aromatic rings. The average molecular weight is 402 g/mol. The third-order valence-corrected chi connectivity index (χ3v) is 6.30. The zero-order valence-electron chi connectivity index (χ0n) is 13.1. The first-order valence-corrected chi connectivity index (χ1v) is 10.1. The fourth-order valence-electron chi connectivity index (χ4n) is 2.35. The molecule has 3 heterocycles. The number of nitro benzene ring substituents is 1. The number of nitro groups is 1. The quantitative estimate of drug-likeness (QED) is 0.255. The summed E-state index contributed by atoms with van der Waals surface area (Å²) in [6, 6.07) is 8.14. The largest absolute Gasteiger partial charge is 0.455 e. The van der Waals surface area contributed by atoms with Gasteiger partial charge in [0, 0.05) is 38.5 Å². The SMILES string of the molecule is O=C(OCc1csc(-c2ccsc2)n1)c1cc2cc([N+](=O)[O-])ccc2s1. The third kappa shape index (κ3) is 3.36. The maximum Gasteiger partial charge on any atom is 0.348 e. The van der Waals surface area contributed by atoms with Gasteiger partial charge in [-0.3, -0.25) is 10.1 Å². The van der Waals surface area contributed by atoms with Gasteiger partial charge in [-0.2, -0.15) is 11.3 Å². The Labute approximate surface area is 159 Å². The molecule has 26 heavy (non-hydrogen) atoms. The van der Waals surface area contributed by atoms with E-state index in [0.29, 0.717) is 16.0 Å². The number of hydrogen-bond donors (Lipinski definition) is 0. The summed E-state index contributed by atoms with van der Waals surface area (Å²) in [5.74, 6) is -0.459. The summed E-state index contributed by atoms with van der Waals surface area (Å²) in [6.07, 6.45) is 0. The molecule has 0 amide bonds. The smallest absolute Gasteiger partial charge is 0.348 e. The molecular weight excluding hydrogens is 392 g/mol. The van der Waals surface area contributed by atoms with E-state index >= 15 is 0 Å². The Bertz CT molecular complexity index is 1100. The lowest BCUT2D eigenvalue weighted by atomic mass is 10.2. The first kappa shape index (κ1) is 16.8. The molecular formula is C17H10N2O4S3. The summed E-state index contributed by atoms with van der Waals surface area (Å²) in [5, 5.41) is 18.3. The highest BCUT2D eigenvalue weighted by Crippen LogP contribution is 2.30. The van der Waals surface area contributed by atoms with Crippen molar-refractivity contribution in [2.24, 2.45) is 0 Å². The van der Waals surface area contributed by atoms with Gasteiger partial charge in [0.05, 0.1) is 10.6 Å². The number of ether oxygens (including phenoxy) is 1. The maximum atomic E-state index is 12.3. The Kier molecular flexibility index (Phi) is 4.49. The molecule has 0 radical (unpaired) electrons. The van der Waals surface area contributed by atoms with Gasteiger partial charge in [-0.15, -0.1) is 22.7 Å². The first-order chi connectivity index (χ1) is 12.6. The third-order valence-electron chi connectivity index (χ3n) is 3.58. The highest BCUT2D eigenvalue weighted by molar-refractivity contribution is 7.20. The Morgan fingerprint density at radius 1 is 1.23 bits per heavy atom. The van der Waals surface area contributed by atoms with E-state index in [-0.39, 0.29) is 12.3 Å². The lowest BCUT2D eigenvalue weighted by Gasteiger charge is -1.99. The normalized spacial score (nSPS) is 10.9. The van der Waals surface area contributed by atoms with Gasteiger partial charge in [0.15, 0.2) is 0 Å². The van der Waals surface area contributed by atoms with Crippen molar-refractivity contribution in [3.05, 3.63) is 67.2 Å². The van der Waals surface area contributed by atoms with Crippen molar-refractivity contribution in [2.75, 3.05) is 0 Å². The number of rotatable bonds is 5. The first-order valence-electron chi connectivity index (χ1n) is 7.42. The van der Waals surface area contributed by atoms with E-state index in [1.807, 2.05) is 22.2 Å². The highest BCUT2D eigenvalue weighted by Gasteiger charge is 2.15. The molecule has 0 saturated heterocycles. The van der Waals surface area contributed by atoms with Crippen LogP contribution in [-0.2, 0) is 11.3 Å². The Balaban J connectivity index is 1.46. The van der Waals surface area contributed by atoms with Crippen LogP contribution >= 0.6 is 34.0 Å². The molecule has 9 heteroatoms. The van der Waals surface area contributed by atoms with Gasteiger partial charge in [-0.25, -0.2) is 9.78 Å². The molecule has 0 bridgehead atoms. The number of nitrogens with zero attached hydrogens (tertiary/aromatic N) is 2. The van der Waals surface area contributed by atoms with Gasteiger partial charge in [-0.1, -0.05) is 0 Å². The molecule has 0 aliphatic rings. The summed E-state index contributed by atoms with van der Waals surface area (Å²) >= 11 is 4.36. The molecule has 130 valence electrons. The topological polar surface area (TPSA) is 82.3 Å². The monoisotopic (exact) mass is 402 g/mol. The second-order valence-electron chi connectivity index (χ2n) is 5.32. The molecule has 0 atom stereocenters. The Morgan fingerprint density at radius 2 is 2.12 bits per heavy atom. The molecule has 0 unspecified atom stereocenters. The van der Waals surface area contributed by atoms with Crippen molar-refractivity contribution in [3.8, 4) is 10.6 Å². The summed E-state index contributed by atoms with van der Waals surface area (Å²) in [7, 11) is 0. The van der Waals surface area contributed by atoms with Crippen LogP contribution < -0.4 is 0 Å². The number of thiophene rings is 2. The highest BCUT2D eigenvalue weighted by atomic mass is 32.1. The zero-order valence-corrected chi connectivity index (χ0v) is 15.5. The molecule has 0 saturated carbocycles. The maximum absolute atomic E-state index is 12.3. The molecule has 0 aliphatic carbocycles. The van der Waals surface area contributed by atoms with E-state index in [2.05, 4.69) is 4.98 Å². The number of carbonyl (C=O) groups is 1. The predicted molar refractivity (Wildman–Crippen MR) is 103 cm³/mol. The van der Waals surface area contributed by atoms with Crippen molar-refractivity contribution in [1.29, 1.82) is 0 Å². The number of non-ortho nitro benzene ring substituents is 1. The number of carbonyl (C=O) groups excluding carboxylic acids is 1. The Hall–Kier alpha value is -2.62. The minimum atomic E-state index is -0.459. The molecule has 3 aromatic heterocycles. The summed E-state index contributed by atoms with van der Waals surface area (Å²) < 4.78 is 6.14. The summed E-state index contributed by atoms with van der Waals surface area (Å²) in [5.41, 5.74) is 1.75. The fourth-order valence-corrected chi connectivity index (χ4v) is 4.80. The minimum Gasteiger partial charge on any atom is -0.455 e. The van der Waals surface area contributed by atoms with Crippen LogP contribution in [0, 0.1) is 10.1 Å². The van der Waals surface area contributed by atoms with Crippen LogP contribution in [0.5, 0.6) is 0 Å². The second kappa shape index (κ2) is 6.94. The fraction of sp³-hybridized carbons (Fsp3) is 0.0588. The molecule has 0 fully saturated rings. The van der Waals surface area contributed by atoms with Gasteiger partial charge in [0.2, 0.25) is 0 Å². The standard InChI is InChI=1S/C17H10N2O4S3/c20-17(15-6-11-5-13(19(21)22)1-2-14(11)26-15)23-7-12-9-25-16(18-12)10-3-4-24-8-10/h1-6,8-9H,7H2. The number of fused-ring (bicyclic) bond motifs is 1. The zero-order chi connectivity index (χ0) is 18.1. The van der Waals surface area contributed by atoms with Crippen molar-refractivity contribution < 1.29 is 14.5 Å². The van der Waals surface area contributed by atoms with Gasteiger partial charge < -0.3 is 4.74 Å². The number of aromatic nitrogens is 1. The van der Waals surface area contributed by atoms with E-state index in [0.717, 1.165) is 15.3 Å². The lowest BCUT2D eigenvalue weighted by molar-refractivity contribution is -0.384. The van der Waals surface area contributed by atoms with Crippen molar-refractivity contribution >= 4 is 55.8 Å². The Morgan fingerprint density at radius 3 is 2.88 bits per heavy atom. The van der Waals surface area contributed by atoms with E-state index in [1.165, 1.54) is 34.8 Å². The number of thiazole rings is 1. The van der Waals surface area contributed by atoms with Crippen LogP contribution in [0.1, 0.15) is 15.4 Å². The number of esters is 1. The van der Waals surface area contributed by atoms with Crippen LogP contribution in [0.25, 0.3) is 20.7 Å². The summed E-state index contributed by atoms with van der Waals surface area (Å²) in [6.45, 7) is 0.0911. The number of hydrogen-bond acceptors (Lipinski definition) is 8. The molecule has 1 aromatic carbocycles. The van der Waals surface area contributed by atoms with E-state index in [1.54, 1.807) is 23.5 Å². The van der Waals surface area contributed by atoms with Crippen LogP contribution in [-0.4, -0.2) is 15.9 Å². The molecule has 4 rings (SSSR count). The van der Waals surface area contributed by atoms with Crippen molar-refractivity contribution in [3.63, 3.8) is 0 Å². The van der Waals surface area contributed by atoms with E-state index < -0.39 is 10.9 Å². The van der Waals surface area contributed by atoms with Crippen LogP contribution in [0.3, 0.4) is 0 Å². The van der Waals surface area contributed by atoms with E-state index in [9.17, 15) is 14.9 Å². The van der Waals surface area contributed by atoms with Gasteiger partial charge in [0.25, 0.3) is 5.69 Å². The molecule has 0 aliphatic heterocycles. The van der Waals surface area contributed by atoms with Gasteiger partial charge in [0.1, 0.15) is 16.5 Å². The average Bonchev–Trinajstić information content (AvgIpc) is 3.38. The predicted octanol–water partition coefficient (Wildman–Crippen LogP) is 5.35.